The van der Waals surface area contributed by atoms with Gasteiger partial charge in [-0.05, 0) is 52.9 Å². The van der Waals surface area contributed by atoms with Crippen LogP contribution in [-0.4, -0.2) is 6.54 Å². The van der Waals surface area contributed by atoms with Gasteiger partial charge in [0.25, 0.3) is 0 Å². The van der Waals surface area contributed by atoms with Crippen LogP contribution in [0.4, 0.5) is 0 Å². The normalized spacial score (nSPS) is 19.4. The molecule has 16 heavy (non-hydrogen) atoms. The summed E-state index contributed by atoms with van der Waals surface area (Å²) in [5, 5.41) is 8.02. The van der Waals surface area contributed by atoms with Crippen LogP contribution < -0.4 is 5.32 Å². The maximum absolute atomic E-state index is 3.62. The lowest BCUT2D eigenvalue weighted by Gasteiger charge is -2.26. The Morgan fingerprint density at radius 3 is 3.06 bits per heavy atom. The summed E-state index contributed by atoms with van der Waals surface area (Å²) < 4.78 is 0. The summed E-state index contributed by atoms with van der Waals surface area (Å²) >= 11 is 1.78. The highest BCUT2D eigenvalue weighted by Gasteiger charge is 2.19. The largest absolute Gasteiger partial charge is 0.309 e. The Balaban J connectivity index is 1.87. The van der Waals surface area contributed by atoms with Crippen molar-refractivity contribution < 1.29 is 0 Å². The molecule has 3 rings (SSSR count). The maximum Gasteiger partial charge on any atom is 0.0364 e. The van der Waals surface area contributed by atoms with E-state index in [0.717, 1.165) is 19.4 Å². The monoisotopic (exact) mass is 229 g/mol. The van der Waals surface area contributed by atoms with Gasteiger partial charge in [0.05, 0.1) is 0 Å². The van der Waals surface area contributed by atoms with E-state index in [4.69, 9.17) is 0 Å². The van der Waals surface area contributed by atoms with Gasteiger partial charge < -0.3 is 5.32 Å². The molecule has 0 bridgehead atoms. The molecule has 0 fully saturated rings. The molecule has 0 aliphatic carbocycles. The fourth-order valence-corrected chi connectivity index (χ4v) is 3.10. The fourth-order valence-electron chi connectivity index (χ4n) is 2.42. The molecule has 1 aromatic heterocycles. The van der Waals surface area contributed by atoms with Crippen molar-refractivity contribution in [3.8, 4) is 0 Å². The quantitative estimate of drug-likeness (QED) is 0.834. The number of nitrogens with one attached hydrogen (secondary N) is 1. The van der Waals surface area contributed by atoms with E-state index in [1.807, 2.05) is 0 Å². The molecule has 1 N–H and O–H groups in total. The van der Waals surface area contributed by atoms with Crippen molar-refractivity contribution in [2.45, 2.75) is 18.9 Å². The molecule has 1 atom stereocenters. The minimum atomic E-state index is 0.500. The van der Waals surface area contributed by atoms with Crippen LogP contribution in [0.2, 0.25) is 0 Å². The lowest BCUT2D eigenvalue weighted by molar-refractivity contribution is 0.503. The summed E-state index contributed by atoms with van der Waals surface area (Å²) in [6, 6.07) is 11.5. The van der Waals surface area contributed by atoms with Crippen molar-refractivity contribution in [1.82, 2.24) is 5.32 Å². The zero-order valence-corrected chi connectivity index (χ0v) is 9.96. The van der Waals surface area contributed by atoms with Crippen molar-refractivity contribution in [3.05, 3.63) is 57.8 Å². The summed E-state index contributed by atoms with van der Waals surface area (Å²) in [6.07, 6.45) is 2.27. The number of fused-ring (bicyclic) bond motifs is 1. The number of benzene rings is 1. The van der Waals surface area contributed by atoms with E-state index < -0.39 is 0 Å². The van der Waals surface area contributed by atoms with Crippen LogP contribution in [0.3, 0.4) is 0 Å². The van der Waals surface area contributed by atoms with Crippen molar-refractivity contribution >= 4 is 11.3 Å². The van der Waals surface area contributed by atoms with E-state index in [2.05, 4.69) is 46.4 Å². The summed E-state index contributed by atoms with van der Waals surface area (Å²) in [5.74, 6) is 0. The number of rotatable bonds is 2. The zero-order valence-electron chi connectivity index (χ0n) is 9.15. The Kier molecular flexibility index (Phi) is 2.77. The van der Waals surface area contributed by atoms with Crippen LogP contribution in [0, 0.1) is 0 Å². The van der Waals surface area contributed by atoms with Gasteiger partial charge in [-0.15, -0.1) is 0 Å². The molecule has 1 unspecified atom stereocenters. The maximum atomic E-state index is 3.62. The van der Waals surface area contributed by atoms with Crippen molar-refractivity contribution in [2.24, 2.45) is 0 Å². The van der Waals surface area contributed by atoms with E-state index >= 15 is 0 Å². The van der Waals surface area contributed by atoms with Gasteiger partial charge in [0, 0.05) is 6.04 Å². The summed E-state index contributed by atoms with van der Waals surface area (Å²) in [6.45, 7) is 1.10. The minimum Gasteiger partial charge on any atom is -0.309 e. The number of hydrogen-bond acceptors (Lipinski definition) is 2. The molecule has 2 heteroatoms. The van der Waals surface area contributed by atoms with E-state index in [-0.39, 0.29) is 0 Å². The molecule has 82 valence electrons. The third-order valence-electron chi connectivity index (χ3n) is 3.24. The van der Waals surface area contributed by atoms with Crippen molar-refractivity contribution in [3.63, 3.8) is 0 Å². The second-order valence-corrected chi connectivity index (χ2v) is 5.07. The lowest BCUT2D eigenvalue weighted by Crippen LogP contribution is -2.31. The molecular weight excluding hydrogens is 214 g/mol. The summed E-state index contributed by atoms with van der Waals surface area (Å²) in [7, 11) is 0. The van der Waals surface area contributed by atoms with Gasteiger partial charge in [0.2, 0.25) is 0 Å². The fraction of sp³-hybridized carbons (Fsp3) is 0.286. The SMILES string of the molecule is c1ccc2c(c1)CCNC2Cc1ccsc1. The Hall–Kier alpha value is -1.12. The van der Waals surface area contributed by atoms with Crippen molar-refractivity contribution in [2.75, 3.05) is 6.54 Å². The van der Waals surface area contributed by atoms with Crippen LogP contribution in [0.5, 0.6) is 0 Å². The Bertz CT molecular complexity index is 461. The van der Waals surface area contributed by atoms with Gasteiger partial charge in [0.1, 0.15) is 0 Å². The lowest BCUT2D eigenvalue weighted by atomic mass is 9.91. The molecule has 1 aromatic carbocycles. The molecule has 1 nitrogen and oxygen atoms in total. The third-order valence-corrected chi connectivity index (χ3v) is 3.97. The first-order chi connectivity index (χ1) is 7.93. The van der Waals surface area contributed by atoms with E-state index in [0.29, 0.717) is 6.04 Å². The number of hydrogen-bond donors (Lipinski definition) is 1. The highest BCUT2D eigenvalue weighted by atomic mass is 32.1. The van der Waals surface area contributed by atoms with Crippen LogP contribution >= 0.6 is 11.3 Å². The van der Waals surface area contributed by atoms with Crippen LogP contribution in [0.15, 0.2) is 41.1 Å². The molecular formula is C14H15NS. The first kappa shape index (κ1) is 10.1. The van der Waals surface area contributed by atoms with E-state index in [9.17, 15) is 0 Å². The van der Waals surface area contributed by atoms with E-state index in [1.54, 1.807) is 11.3 Å². The molecule has 2 aromatic rings. The third kappa shape index (κ3) is 1.91. The number of thiophene rings is 1. The molecule has 1 aliphatic rings. The standard InChI is InChI=1S/C14H15NS/c1-2-4-13-12(3-1)5-7-15-14(13)9-11-6-8-16-10-11/h1-4,6,8,10,14-15H,5,7,9H2. The van der Waals surface area contributed by atoms with Crippen LogP contribution in [0.25, 0.3) is 0 Å². The molecule has 0 spiro atoms. The highest BCUT2D eigenvalue weighted by Crippen LogP contribution is 2.26. The van der Waals surface area contributed by atoms with Gasteiger partial charge in [-0.3, -0.25) is 0 Å². The molecule has 1 aliphatic heterocycles. The average molecular weight is 229 g/mol. The average Bonchev–Trinajstić information content (AvgIpc) is 2.82. The van der Waals surface area contributed by atoms with Gasteiger partial charge >= 0.3 is 0 Å². The van der Waals surface area contributed by atoms with Crippen LogP contribution in [0.1, 0.15) is 22.7 Å². The Labute approximate surface area is 100 Å². The van der Waals surface area contributed by atoms with Gasteiger partial charge in [0.15, 0.2) is 0 Å². The van der Waals surface area contributed by atoms with Gasteiger partial charge in [-0.2, -0.15) is 11.3 Å². The van der Waals surface area contributed by atoms with Gasteiger partial charge in [-0.25, -0.2) is 0 Å². The molecule has 2 heterocycles. The first-order valence-corrected chi connectivity index (χ1v) is 6.70. The zero-order chi connectivity index (χ0) is 10.8. The van der Waals surface area contributed by atoms with E-state index in [1.165, 1.54) is 16.7 Å². The summed E-state index contributed by atoms with van der Waals surface area (Å²) in [4.78, 5) is 0. The van der Waals surface area contributed by atoms with Crippen LogP contribution in [-0.2, 0) is 12.8 Å². The Morgan fingerprint density at radius 1 is 1.25 bits per heavy atom. The van der Waals surface area contributed by atoms with Gasteiger partial charge in [-0.1, -0.05) is 24.3 Å². The predicted octanol–water partition coefficient (Wildman–Crippen LogP) is 3.18. The Morgan fingerprint density at radius 2 is 2.19 bits per heavy atom. The van der Waals surface area contributed by atoms with Crippen molar-refractivity contribution in [1.29, 1.82) is 0 Å². The molecule has 0 radical (unpaired) electrons. The topological polar surface area (TPSA) is 12.0 Å². The first-order valence-electron chi connectivity index (χ1n) is 5.76. The molecule has 0 saturated heterocycles. The smallest absolute Gasteiger partial charge is 0.0364 e. The molecule has 0 amide bonds. The predicted molar refractivity (Wildman–Crippen MR) is 68.9 cm³/mol. The second kappa shape index (κ2) is 4.40. The highest BCUT2D eigenvalue weighted by molar-refractivity contribution is 7.07. The summed E-state index contributed by atoms with van der Waals surface area (Å²) in [5.41, 5.74) is 4.45. The second-order valence-electron chi connectivity index (χ2n) is 4.29. The molecule has 0 saturated carbocycles. The minimum absolute atomic E-state index is 0.500.